The summed E-state index contributed by atoms with van der Waals surface area (Å²) in [5, 5.41) is 0. The molecule has 0 aromatic carbocycles. The quantitative estimate of drug-likeness (QED) is 0.704. The molecule has 0 aliphatic heterocycles. The van der Waals surface area contributed by atoms with E-state index in [0.29, 0.717) is 17.7 Å². The highest BCUT2D eigenvalue weighted by atomic mass is 32.2. The molecule has 9 heteroatoms. The second kappa shape index (κ2) is 9.39. The van der Waals surface area contributed by atoms with Crippen molar-refractivity contribution in [1.29, 1.82) is 0 Å². The number of hydrogen-bond donors (Lipinski definition) is 1. The topological polar surface area (TPSA) is 103 Å². The minimum absolute atomic E-state index is 0.0293. The Balaban J connectivity index is 1.94. The van der Waals surface area contributed by atoms with Crippen molar-refractivity contribution in [3.8, 4) is 17.3 Å². The van der Waals surface area contributed by atoms with E-state index in [2.05, 4.69) is 14.7 Å². The smallest absolute Gasteiger partial charge is 0.319 e. The van der Waals surface area contributed by atoms with Crippen molar-refractivity contribution < 1.29 is 13.2 Å². The molecule has 0 unspecified atom stereocenters. The predicted molar refractivity (Wildman–Crippen MR) is 113 cm³/mol. The Morgan fingerprint density at radius 1 is 1.21 bits per heavy atom. The third-order valence-corrected chi connectivity index (χ3v) is 6.28. The monoisotopic (exact) mass is 420 g/mol. The molecular weight excluding hydrogens is 392 g/mol. The molecule has 1 fully saturated rings. The molecule has 1 aliphatic carbocycles. The van der Waals surface area contributed by atoms with Gasteiger partial charge in [-0.25, -0.2) is 8.42 Å². The maximum absolute atomic E-state index is 12.3. The van der Waals surface area contributed by atoms with Gasteiger partial charge in [0.1, 0.15) is 11.9 Å². The van der Waals surface area contributed by atoms with Gasteiger partial charge in [-0.05, 0) is 38.2 Å². The van der Waals surface area contributed by atoms with E-state index in [1.54, 1.807) is 25.4 Å². The van der Waals surface area contributed by atoms with E-state index in [4.69, 9.17) is 4.74 Å². The Hall–Kier alpha value is -2.42. The van der Waals surface area contributed by atoms with Crippen molar-refractivity contribution in [2.75, 3.05) is 10.5 Å². The summed E-state index contributed by atoms with van der Waals surface area (Å²) in [6.07, 6.45) is 8.30. The van der Waals surface area contributed by atoms with Gasteiger partial charge in [0.25, 0.3) is 0 Å². The number of hydrogen-bond acceptors (Lipinski definition) is 6. The lowest BCUT2D eigenvalue weighted by Crippen LogP contribution is -2.22. The molecule has 158 valence electrons. The normalized spacial score (nSPS) is 15.2. The number of nitrogens with zero attached hydrogens (tertiary/aromatic N) is 3. The Bertz CT molecular complexity index is 998. The van der Waals surface area contributed by atoms with Crippen molar-refractivity contribution in [2.24, 2.45) is 7.05 Å². The minimum Gasteiger partial charge on any atom is -0.460 e. The summed E-state index contributed by atoms with van der Waals surface area (Å²) in [6.45, 7) is 1.94. The molecule has 3 rings (SSSR count). The first kappa shape index (κ1) is 21.3. The summed E-state index contributed by atoms with van der Waals surface area (Å²) in [5.74, 6) is 0.201. The molecule has 0 spiro atoms. The summed E-state index contributed by atoms with van der Waals surface area (Å²) in [4.78, 5) is 20.5. The van der Waals surface area contributed by atoms with Crippen LogP contribution in [-0.2, 0) is 17.1 Å². The summed E-state index contributed by atoms with van der Waals surface area (Å²) in [7, 11) is -1.86. The highest BCUT2D eigenvalue weighted by molar-refractivity contribution is 7.92. The molecule has 29 heavy (non-hydrogen) atoms. The molecule has 2 aromatic heterocycles. The fourth-order valence-corrected chi connectivity index (χ4v) is 4.49. The Morgan fingerprint density at radius 2 is 1.97 bits per heavy atom. The Kier molecular flexibility index (Phi) is 6.89. The molecule has 0 saturated heterocycles. The van der Waals surface area contributed by atoms with Crippen LogP contribution >= 0.6 is 0 Å². The highest BCUT2D eigenvalue weighted by Gasteiger charge is 2.19. The average Bonchev–Trinajstić information content (AvgIpc) is 2.69. The van der Waals surface area contributed by atoms with Gasteiger partial charge in [-0.15, -0.1) is 0 Å². The Labute approximate surface area is 171 Å². The number of rotatable bonds is 8. The third kappa shape index (κ3) is 6.03. The van der Waals surface area contributed by atoms with Gasteiger partial charge >= 0.3 is 6.01 Å². The van der Waals surface area contributed by atoms with Crippen LogP contribution in [-0.4, -0.2) is 34.8 Å². The van der Waals surface area contributed by atoms with Crippen LogP contribution in [0.2, 0.25) is 0 Å². The molecule has 0 amide bonds. The molecule has 8 nitrogen and oxygen atoms in total. The summed E-state index contributed by atoms with van der Waals surface area (Å²) >= 11 is 0. The fraction of sp³-hybridized carbons (Fsp3) is 0.550. The van der Waals surface area contributed by atoms with Crippen molar-refractivity contribution in [3.05, 3.63) is 34.7 Å². The van der Waals surface area contributed by atoms with Gasteiger partial charge in [0.05, 0.1) is 11.4 Å². The molecule has 0 bridgehead atoms. The van der Waals surface area contributed by atoms with Crippen LogP contribution in [0.1, 0.15) is 51.9 Å². The van der Waals surface area contributed by atoms with Crippen LogP contribution in [0.25, 0.3) is 11.3 Å². The zero-order chi connectivity index (χ0) is 20.9. The lowest BCUT2D eigenvalue weighted by molar-refractivity contribution is 0.142. The first-order valence-corrected chi connectivity index (χ1v) is 11.7. The largest absolute Gasteiger partial charge is 0.460 e. The predicted octanol–water partition coefficient (Wildman–Crippen LogP) is 3.10. The van der Waals surface area contributed by atoms with Crippen molar-refractivity contribution in [1.82, 2.24) is 14.5 Å². The highest BCUT2D eigenvalue weighted by Crippen LogP contribution is 2.26. The number of sulfonamides is 1. The van der Waals surface area contributed by atoms with E-state index in [9.17, 15) is 13.2 Å². The van der Waals surface area contributed by atoms with Crippen LogP contribution in [0.3, 0.4) is 0 Å². The molecular formula is C20H28N4O4S. The van der Waals surface area contributed by atoms with E-state index >= 15 is 0 Å². The van der Waals surface area contributed by atoms with Gasteiger partial charge in [0.15, 0.2) is 0 Å². The number of ether oxygens (including phenoxy) is 1. The third-order valence-electron chi connectivity index (χ3n) is 4.94. The van der Waals surface area contributed by atoms with Gasteiger partial charge in [-0.3, -0.25) is 9.52 Å². The number of nitrogens with one attached hydrogen (secondary N) is 1. The first-order chi connectivity index (χ1) is 13.9. The zero-order valence-electron chi connectivity index (χ0n) is 16.9. The standard InChI is InChI=1S/C20H28N4O4S/c1-3-4-12-29(26,27)23-18-13-17(15-10-11-19(25)24(2)14-15)21-20(22-18)28-16-8-6-5-7-9-16/h10-11,13-14,16H,3-9,12H2,1-2H3,(H,21,22,23). The number of pyridine rings is 1. The Morgan fingerprint density at radius 3 is 2.66 bits per heavy atom. The van der Waals surface area contributed by atoms with E-state index in [0.717, 1.165) is 32.1 Å². The van der Waals surface area contributed by atoms with Crippen LogP contribution in [0, 0.1) is 0 Å². The van der Waals surface area contributed by atoms with Crippen LogP contribution in [0.15, 0.2) is 29.2 Å². The van der Waals surface area contributed by atoms with Gasteiger partial charge in [0, 0.05) is 30.9 Å². The lowest BCUT2D eigenvalue weighted by atomic mass is 9.98. The van der Waals surface area contributed by atoms with Gasteiger partial charge in [-0.2, -0.15) is 9.97 Å². The van der Waals surface area contributed by atoms with E-state index in [1.807, 2.05) is 6.92 Å². The molecule has 1 aliphatic rings. The van der Waals surface area contributed by atoms with Crippen LogP contribution < -0.4 is 15.0 Å². The molecule has 0 atom stereocenters. The van der Waals surface area contributed by atoms with Crippen molar-refractivity contribution in [2.45, 2.75) is 58.0 Å². The maximum atomic E-state index is 12.3. The molecule has 2 heterocycles. The summed E-state index contributed by atoms with van der Waals surface area (Å²) in [5.41, 5.74) is 1.04. The fourth-order valence-electron chi connectivity index (χ4n) is 3.30. The molecule has 1 saturated carbocycles. The number of unbranched alkanes of at least 4 members (excludes halogenated alkanes) is 1. The first-order valence-electron chi connectivity index (χ1n) is 10.1. The summed E-state index contributed by atoms with van der Waals surface area (Å²) < 4.78 is 34.7. The number of anilines is 1. The summed E-state index contributed by atoms with van der Waals surface area (Å²) in [6, 6.07) is 4.82. The van der Waals surface area contributed by atoms with Gasteiger partial charge in [-0.1, -0.05) is 19.8 Å². The second-order valence-corrected chi connectivity index (χ2v) is 9.28. The van der Waals surface area contributed by atoms with E-state index in [-0.39, 0.29) is 29.2 Å². The molecule has 0 radical (unpaired) electrons. The minimum atomic E-state index is -3.51. The van der Waals surface area contributed by atoms with Gasteiger partial charge < -0.3 is 9.30 Å². The number of aromatic nitrogens is 3. The van der Waals surface area contributed by atoms with Crippen LogP contribution in [0.4, 0.5) is 5.82 Å². The molecule has 1 N–H and O–H groups in total. The van der Waals surface area contributed by atoms with E-state index in [1.165, 1.54) is 17.1 Å². The maximum Gasteiger partial charge on any atom is 0.319 e. The lowest BCUT2D eigenvalue weighted by Gasteiger charge is -2.22. The van der Waals surface area contributed by atoms with E-state index < -0.39 is 10.0 Å². The second-order valence-electron chi connectivity index (χ2n) is 7.44. The van der Waals surface area contributed by atoms with Gasteiger partial charge in [0.2, 0.25) is 15.6 Å². The SMILES string of the molecule is CCCCS(=O)(=O)Nc1cc(-c2ccc(=O)n(C)c2)nc(OC2CCCCC2)n1. The van der Waals surface area contributed by atoms with Crippen molar-refractivity contribution >= 4 is 15.8 Å². The number of aryl methyl sites for hydroxylation is 1. The zero-order valence-corrected chi connectivity index (χ0v) is 17.7. The van der Waals surface area contributed by atoms with Crippen LogP contribution in [0.5, 0.6) is 6.01 Å². The van der Waals surface area contributed by atoms with Crippen molar-refractivity contribution in [3.63, 3.8) is 0 Å². The molecule has 2 aromatic rings. The average molecular weight is 421 g/mol.